The minimum Gasteiger partial charge on any atom is -0.378 e. The fourth-order valence-corrected chi connectivity index (χ4v) is 4.08. The fourth-order valence-electron chi connectivity index (χ4n) is 3.47. The van der Waals surface area contributed by atoms with Crippen LogP contribution in [0.25, 0.3) is 11.8 Å². The highest BCUT2D eigenvalue weighted by Crippen LogP contribution is 2.31. The van der Waals surface area contributed by atoms with Crippen molar-refractivity contribution in [2.45, 2.75) is 13.8 Å². The summed E-state index contributed by atoms with van der Waals surface area (Å²) in [6.07, 6.45) is 1.63. The number of amides is 1. The number of ether oxygens (including phenoxy) is 1. The first-order valence-electron chi connectivity index (χ1n) is 9.11. The van der Waals surface area contributed by atoms with E-state index in [9.17, 15) is 10.1 Å². The zero-order chi connectivity index (χ0) is 20.3. The Morgan fingerprint density at radius 3 is 2.61 bits per heavy atom. The van der Waals surface area contributed by atoms with Crippen molar-refractivity contribution < 1.29 is 9.53 Å². The molecular weight excluding hydrogens is 420 g/mol. The monoisotopic (exact) mass is 442 g/mol. The maximum absolute atomic E-state index is 11.8. The average Bonchev–Trinajstić information content (AvgIpc) is 2.99. The van der Waals surface area contributed by atoms with Crippen LogP contribution in [0.3, 0.4) is 0 Å². The van der Waals surface area contributed by atoms with Crippen LogP contribution in [0.2, 0.25) is 0 Å². The molecule has 1 saturated heterocycles. The Morgan fingerprint density at radius 1 is 1.29 bits per heavy atom. The third-order valence-corrected chi connectivity index (χ3v) is 5.54. The SMILES string of the molecule is CNC(=O)/C(C#N)=C/c1cc(C)n(-c2ccc(N3CCOCC3)c(Br)c2)c1C. The van der Waals surface area contributed by atoms with Gasteiger partial charge in [-0.25, -0.2) is 0 Å². The number of nitrogens with one attached hydrogen (secondary N) is 1. The number of aromatic nitrogens is 1. The van der Waals surface area contributed by atoms with Crippen LogP contribution in [-0.4, -0.2) is 43.8 Å². The van der Waals surface area contributed by atoms with Crippen LogP contribution in [0, 0.1) is 25.2 Å². The summed E-state index contributed by atoms with van der Waals surface area (Å²) in [5.74, 6) is -0.384. The second kappa shape index (κ2) is 8.63. The van der Waals surface area contributed by atoms with Crippen LogP contribution >= 0.6 is 15.9 Å². The Labute approximate surface area is 173 Å². The van der Waals surface area contributed by atoms with Crippen LogP contribution < -0.4 is 10.2 Å². The van der Waals surface area contributed by atoms with E-state index in [4.69, 9.17) is 4.74 Å². The molecule has 7 heteroatoms. The highest BCUT2D eigenvalue weighted by atomic mass is 79.9. The highest BCUT2D eigenvalue weighted by molar-refractivity contribution is 9.10. The molecule has 28 heavy (non-hydrogen) atoms. The molecular formula is C21H23BrN4O2. The van der Waals surface area contributed by atoms with E-state index < -0.39 is 0 Å². The fraction of sp³-hybridized carbons (Fsp3) is 0.333. The minimum absolute atomic E-state index is 0.0894. The van der Waals surface area contributed by atoms with Crippen molar-refractivity contribution in [3.63, 3.8) is 0 Å². The van der Waals surface area contributed by atoms with Crippen molar-refractivity contribution in [1.29, 1.82) is 5.26 Å². The Bertz CT molecular complexity index is 966. The Balaban J connectivity index is 1.97. The number of hydrogen-bond acceptors (Lipinski definition) is 4. The van der Waals surface area contributed by atoms with E-state index in [-0.39, 0.29) is 11.5 Å². The van der Waals surface area contributed by atoms with Crippen molar-refractivity contribution in [3.05, 3.63) is 51.3 Å². The van der Waals surface area contributed by atoms with Gasteiger partial charge in [0.1, 0.15) is 11.6 Å². The van der Waals surface area contributed by atoms with Gasteiger partial charge in [0.15, 0.2) is 0 Å². The van der Waals surface area contributed by atoms with Gasteiger partial charge in [-0.3, -0.25) is 4.79 Å². The third kappa shape index (κ3) is 3.98. The molecule has 2 heterocycles. The number of morpholine rings is 1. The van der Waals surface area contributed by atoms with E-state index in [1.165, 1.54) is 7.05 Å². The lowest BCUT2D eigenvalue weighted by Gasteiger charge is -2.30. The van der Waals surface area contributed by atoms with Gasteiger partial charge in [-0.15, -0.1) is 0 Å². The molecule has 0 saturated carbocycles. The number of nitrogens with zero attached hydrogens (tertiary/aromatic N) is 3. The summed E-state index contributed by atoms with van der Waals surface area (Å²) >= 11 is 3.71. The summed E-state index contributed by atoms with van der Waals surface area (Å²) in [6, 6.07) is 10.3. The number of halogens is 1. The van der Waals surface area contributed by atoms with E-state index in [1.807, 2.05) is 26.0 Å². The summed E-state index contributed by atoms with van der Waals surface area (Å²) in [5, 5.41) is 11.8. The molecule has 1 aliphatic rings. The zero-order valence-electron chi connectivity index (χ0n) is 16.3. The van der Waals surface area contributed by atoms with Gasteiger partial charge in [-0.2, -0.15) is 5.26 Å². The second-order valence-corrected chi connectivity index (χ2v) is 7.50. The number of hydrogen-bond donors (Lipinski definition) is 1. The molecule has 146 valence electrons. The molecule has 0 radical (unpaired) electrons. The average molecular weight is 443 g/mol. The predicted molar refractivity (Wildman–Crippen MR) is 114 cm³/mol. The molecule has 1 aliphatic heterocycles. The van der Waals surface area contributed by atoms with Gasteiger partial charge in [-0.05, 0) is 65.7 Å². The molecule has 2 aromatic rings. The predicted octanol–water partition coefficient (Wildman–Crippen LogP) is 3.35. The summed E-state index contributed by atoms with van der Waals surface area (Å²) in [5.41, 5.74) is 5.12. The quantitative estimate of drug-likeness (QED) is 0.582. The molecule has 1 fully saturated rings. The van der Waals surface area contributed by atoms with E-state index >= 15 is 0 Å². The largest absolute Gasteiger partial charge is 0.378 e. The number of benzene rings is 1. The summed E-state index contributed by atoms with van der Waals surface area (Å²) < 4.78 is 8.59. The topological polar surface area (TPSA) is 70.3 Å². The van der Waals surface area contributed by atoms with E-state index in [0.29, 0.717) is 0 Å². The van der Waals surface area contributed by atoms with Crippen LogP contribution in [0.15, 0.2) is 34.3 Å². The third-order valence-electron chi connectivity index (χ3n) is 4.90. The van der Waals surface area contributed by atoms with Crippen molar-refractivity contribution in [1.82, 2.24) is 9.88 Å². The first kappa shape index (κ1) is 20.2. The van der Waals surface area contributed by atoms with E-state index in [0.717, 1.165) is 59.1 Å². The standard InChI is InChI=1S/C21H23BrN4O2/c1-14-10-16(11-17(13-23)21(27)24-3)15(2)26(14)18-4-5-20(19(22)12-18)25-6-8-28-9-7-25/h4-5,10-12H,6-9H2,1-3H3,(H,24,27)/b17-11+. The number of carbonyl (C=O) groups is 1. The molecule has 1 aromatic carbocycles. The van der Waals surface area contributed by atoms with Crippen LogP contribution in [0.5, 0.6) is 0 Å². The van der Waals surface area contributed by atoms with Gasteiger partial charge in [-0.1, -0.05) is 0 Å². The van der Waals surface area contributed by atoms with Crippen molar-refractivity contribution in [2.75, 3.05) is 38.3 Å². The van der Waals surface area contributed by atoms with Crippen LogP contribution in [0.4, 0.5) is 5.69 Å². The minimum atomic E-state index is -0.384. The van der Waals surface area contributed by atoms with Gasteiger partial charge >= 0.3 is 0 Å². The first-order valence-corrected chi connectivity index (χ1v) is 9.91. The zero-order valence-corrected chi connectivity index (χ0v) is 17.8. The van der Waals surface area contributed by atoms with Crippen molar-refractivity contribution >= 4 is 33.6 Å². The number of nitriles is 1. The van der Waals surface area contributed by atoms with Crippen molar-refractivity contribution in [2.24, 2.45) is 0 Å². The first-order chi connectivity index (χ1) is 13.5. The van der Waals surface area contributed by atoms with E-state index in [2.05, 4.69) is 48.9 Å². The molecule has 1 amide bonds. The highest BCUT2D eigenvalue weighted by Gasteiger charge is 2.17. The maximum Gasteiger partial charge on any atom is 0.261 e. The normalized spacial score (nSPS) is 14.7. The second-order valence-electron chi connectivity index (χ2n) is 6.65. The molecule has 0 bridgehead atoms. The summed E-state index contributed by atoms with van der Waals surface area (Å²) in [6.45, 7) is 7.25. The Hall–Kier alpha value is -2.56. The Kier molecular flexibility index (Phi) is 6.22. The molecule has 3 rings (SSSR count). The molecule has 0 spiro atoms. The molecule has 6 nitrogen and oxygen atoms in total. The summed E-state index contributed by atoms with van der Waals surface area (Å²) in [7, 11) is 1.52. The molecule has 0 aliphatic carbocycles. The van der Waals surface area contributed by atoms with Gasteiger partial charge in [0.2, 0.25) is 0 Å². The number of aryl methyl sites for hydroxylation is 1. The van der Waals surface area contributed by atoms with Crippen molar-refractivity contribution in [3.8, 4) is 11.8 Å². The lowest BCUT2D eigenvalue weighted by atomic mass is 10.1. The molecule has 0 atom stereocenters. The van der Waals surface area contributed by atoms with E-state index in [1.54, 1.807) is 6.08 Å². The lowest BCUT2D eigenvalue weighted by Crippen LogP contribution is -2.36. The van der Waals surface area contributed by atoms with Gasteiger partial charge in [0.05, 0.1) is 18.9 Å². The van der Waals surface area contributed by atoms with Gasteiger partial charge in [0, 0.05) is 41.7 Å². The smallest absolute Gasteiger partial charge is 0.261 e. The Morgan fingerprint density at radius 2 is 2.00 bits per heavy atom. The number of likely N-dealkylation sites (N-methyl/N-ethyl adjacent to an activating group) is 1. The summed E-state index contributed by atoms with van der Waals surface area (Å²) in [4.78, 5) is 14.1. The van der Waals surface area contributed by atoms with Crippen LogP contribution in [-0.2, 0) is 9.53 Å². The lowest BCUT2D eigenvalue weighted by molar-refractivity contribution is -0.116. The number of anilines is 1. The maximum atomic E-state index is 11.8. The molecule has 0 unspecified atom stereocenters. The number of carbonyl (C=O) groups excluding carboxylic acids is 1. The van der Waals surface area contributed by atoms with Crippen LogP contribution in [0.1, 0.15) is 17.0 Å². The van der Waals surface area contributed by atoms with Gasteiger partial charge in [0.25, 0.3) is 5.91 Å². The molecule has 1 aromatic heterocycles. The molecule has 1 N–H and O–H groups in total. The number of rotatable bonds is 4. The van der Waals surface area contributed by atoms with Gasteiger partial charge < -0.3 is 19.5 Å².